The molecule has 0 aromatic heterocycles. The Bertz CT molecular complexity index is 1040. The van der Waals surface area contributed by atoms with Crippen molar-refractivity contribution in [1.29, 1.82) is 0 Å². The smallest absolute Gasteiger partial charge is 0.261 e. The van der Waals surface area contributed by atoms with Gasteiger partial charge in [-0.05, 0) is 48.4 Å². The Kier molecular flexibility index (Phi) is 4.12. The number of hydrogen-bond acceptors (Lipinski definition) is 3. The van der Waals surface area contributed by atoms with E-state index in [0.717, 1.165) is 43.1 Å². The van der Waals surface area contributed by atoms with Crippen molar-refractivity contribution in [1.82, 2.24) is 4.90 Å². The van der Waals surface area contributed by atoms with Gasteiger partial charge in [0, 0.05) is 41.8 Å². The third-order valence-corrected chi connectivity index (χ3v) is 5.87. The van der Waals surface area contributed by atoms with Crippen molar-refractivity contribution >= 4 is 28.3 Å². The fourth-order valence-corrected chi connectivity index (χ4v) is 4.55. The standard InChI is InChI=1S/C24H22N2O2/c27-23-19-11-3-8-18-9-4-12-20(22(18)19)24(28)26(23)16-6-15-25-14-5-10-17-7-1-2-13-21(17)25/h1-4,7-9,11-13H,5-6,10,14-16H2. The molecular formula is C24H22N2O2. The molecule has 0 fully saturated rings. The summed E-state index contributed by atoms with van der Waals surface area (Å²) in [5.74, 6) is -0.346. The molecule has 0 aliphatic carbocycles. The molecule has 3 aromatic carbocycles. The Balaban J connectivity index is 1.35. The van der Waals surface area contributed by atoms with E-state index in [4.69, 9.17) is 0 Å². The van der Waals surface area contributed by atoms with Crippen LogP contribution in [0.25, 0.3) is 10.8 Å². The minimum Gasteiger partial charge on any atom is -0.371 e. The number of carbonyl (C=O) groups excluding carboxylic acids is 2. The number of para-hydroxylation sites is 1. The Morgan fingerprint density at radius 2 is 1.50 bits per heavy atom. The number of imide groups is 1. The molecule has 28 heavy (non-hydrogen) atoms. The molecule has 5 rings (SSSR count). The monoisotopic (exact) mass is 370 g/mol. The molecule has 0 radical (unpaired) electrons. The van der Waals surface area contributed by atoms with Crippen LogP contribution in [0.3, 0.4) is 0 Å². The number of anilines is 1. The first-order valence-corrected chi connectivity index (χ1v) is 9.95. The van der Waals surface area contributed by atoms with Crippen LogP contribution >= 0.6 is 0 Å². The molecule has 0 spiro atoms. The molecule has 0 saturated heterocycles. The molecule has 0 unspecified atom stereocenters. The van der Waals surface area contributed by atoms with Crippen LogP contribution in [0.2, 0.25) is 0 Å². The zero-order valence-corrected chi connectivity index (χ0v) is 15.7. The quantitative estimate of drug-likeness (QED) is 0.644. The minimum absolute atomic E-state index is 0.173. The number of benzene rings is 3. The summed E-state index contributed by atoms with van der Waals surface area (Å²) in [6.45, 7) is 2.32. The lowest BCUT2D eigenvalue weighted by molar-refractivity contribution is 0.0609. The SMILES string of the molecule is O=C1c2cccc3cccc(c23)C(=O)N1CCCN1CCCc2ccccc21. The van der Waals surface area contributed by atoms with Crippen LogP contribution in [-0.4, -0.2) is 36.3 Å². The average Bonchev–Trinajstić information content (AvgIpc) is 2.74. The summed E-state index contributed by atoms with van der Waals surface area (Å²) in [6.07, 6.45) is 3.04. The van der Waals surface area contributed by atoms with Gasteiger partial charge in [0.25, 0.3) is 11.8 Å². The normalized spacial score (nSPS) is 15.9. The Hall–Kier alpha value is -3.14. The van der Waals surface area contributed by atoms with E-state index in [0.29, 0.717) is 17.7 Å². The zero-order valence-electron chi connectivity index (χ0n) is 15.7. The summed E-state index contributed by atoms with van der Waals surface area (Å²) < 4.78 is 0. The summed E-state index contributed by atoms with van der Waals surface area (Å²) in [6, 6.07) is 19.9. The molecule has 0 saturated carbocycles. The first-order valence-electron chi connectivity index (χ1n) is 9.95. The number of rotatable bonds is 4. The predicted molar refractivity (Wildman–Crippen MR) is 111 cm³/mol. The van der Waals surface area contributed by atoms with E-state index >= 15 is 0 Å². The van der Waals surface area contributed by atoms with Gasteiger partial charge in [-0.25, -0.2) is 0 Å². The van der Waals surface area contributed by atoms with Gasteiger partial charge >= 0.3 is 0 Å². The molecule has 2 amide bonds. The van der Waals surface area contributed by atoms with Gasteiger partial charge in [0.15, 0.2) is 0 Å². The van der Waals surface area contributed by atoms with E-state index in [9.17, 15) is 9.59 Å². The highest BCUT2D eigenvalue weighted by atomic mass is 16.2. The van der Waals surface area contributed by atoms with Crippen LogP contribution in [0.5, 0.6) is 0 Å². The van der Waals surface area contributed by atoms with E-state index in [2.05, 4.69) is 29.2 Å². The summed E-state index contributed by atoms with van der Waals surface area (Å²) in [4.78, 5) is 29.8. The van der Waals surface area contributed by atoms with Crippen molar-refractivity contribution in [3.63, 3.8) is 0 Å². The van der Waals surface area contributed by atoms with Crippen LogP contribution in [0.1, 0.15) is 39.1 Å². The molecule has 3 aromatic rings. The highest BCUT2D eigenvalue weighted by molar-refractivity contribution is 6.25. The van der Waals surface area contributed by atoms with E-state index in [1.165, 1.54) is 16.2 Å². The first kappa shape index (κ1) is 17.0. The number of carbonyl (C=O) groups is 2. The van der Waals surface area contributed by atoms with E-state index in [-0.39, 0.29) is 11.8 Å². The lowest BCUT2D eigenvalue weighted by Gasteiger charge is -2.32. The fourth-order valence-electron chi connectivity index (χ4n) is 4.55. The van der Waals surface area contributed by atoms with Crippen molar-refractivity contribution in [3.05, 3.63) is 77.4 Å². The molecule has 2 aliphatic heterocycles. The molecule has 4 heteroatoms. The van der Waals surface area contributed by atoms with Gasteiger partial charge in [-0.1, -0.05) is 42.5 Å². The second-order valence-electron chi connectivity index (χ2n) is 7.54. The van der Waals surface area contributed by atoms with E-state index < -0.39 is 0 Å². The van der Waals surface area contributed by atoms with Gasteiger partial charge in [0.05, 0.1) is 0 Å². The van der Waals surface area contributed by atoms with Crippen LogP contribution in [0.15, 0.2) is 60.7 Å². The van der Waals surface area contributed by atoms with E-state index in [1.54, 1.807) is 0 Å². The van der Waals surface area contributed by atoms with Crippen molar-refractivity contribution in [2.45, 2.75) is 19.3 Å². The number of amides is 2. The molecular weight excluding hydrogens is 348 g/mol. The predicted octanol–water partition coefficient (Wildman–Crippen LogP) is 4.28. The zero-order chi connectivity index (χ0) is 19.1. The molecule has 4 nitrogen and oxygen atoms in total. The van der Waals surface area contributed by atoms with Gasteiger partial charge in [-0.2, -0.15) is 0 Å². The first-order chi connectivity index (χ1) is 13.7. The summed E-state index contributed by atoms with van der Waals surface area (Å²) in [7, 11) is 0. The Morgan fingerprint density at radius 1 is 0.786 bits per heavy atom. The maximum Gasteiger partial charge on any atom is 0.261 e. The molecule has 2 aliphatic rings. The molecule has 0 atom stereocenters. The second-order valence-corrected chi connectivity index (χ2v) is 7.54. The molecule has 0 bridgehead atoms. The number of aryl methyl sites for hydroxylation is 1. The van der Waals surface area contributed by atoms with E-state index in [1.807, 2.05) is 36.4 Å². The maximum absolute atomic E-state index is 13.0. The highest BCUT2D eigenvalue weighted by Gasteiger charge is 2.32. The third kappa shape index (κ3) is 2.68. The lowest BCUT2D eigenvalue weighted by atomic mass is 9.94. The molecule has 0 N–H and O–H groups in total. The van der Waals surface area contributed by atoms with Gasteiger partial charge in [0.1, 0.15) is 0 Å². The number of nitrogens with zero attached hydrogens (tertiary/aromatic N) is 2. The van der Waals surface area contributed by atoms with Crippen LogP contribution in [0, 0.1) is 0 Å². The Labute approximate surface area is 164 Å². The average molecular weight is 370 g/mol. The Morgan fingerprint density at radius 3 is 2.25 bits per heavy atom. The van der Waals surface area contributed by atoms with Crippen molar-refractivity contribution < 1.29 is 9.59 Å². The van der Waals surface area contributed by atoms with Gasteiger partial charge in [0.2, 0.25) is 0 Å². The van der Waals surface area contributed by atoms with Gasteiger partial charge in [-0.15, -0.1) is 0 Å². The van der Waals surface area contributed by atoms with Crippen molar-refractivity contribution in [2.75, 3.05) is 24.5 Å². The number of fused-ring (bicyclic) bond motifs is 1. The topological polar surface area (TPSA) is 40.6 Å². The van der Waals surface area contributed by atoms with Crippen LogP contribution in [0.4, 0.5) is 5.69 Å². The van der Waals surface area contributed by atoms with Crippen LogP contribution in [-0.2, 0) is 6.42 Å². The second kappa shape index (κ2) is 6.79. The lowest BCUT2D eigenvalue weighted by Crippen LogP contribution is -2.42. The summed E-state index contributed by atoms with van der Waals surface area (Å²) in [5.41, 5.74) is 3.95. The largest absolute Gasteiger partial charge is 0.371 e. The van der Waals surface area contributed by atoms with Crippen molar-refractivity contribution in [2.24, 2.45) is 0 Å². The summed E-state index contributed by atoms with van der Waals surface area (Å²) >= 11 is 0. The molecule has 140 valence electrons. The third-order valence-electron chi connectivity index (χ3n) is 5.87. The van der Waals surface area contributed by atoms with Crippen molar-refractivity contribution in [3.8, 4) is 0 Å². The van der Waals surface area contributed by atoms with Crippen LogP contribution < -0.4 is 4.90 Å². The highest BCUT2D eigenvalue weighted by Crippen LogP contribution is 2.30. The maximum atomic E-state index is 13.0. The number of hydrogen-bond donors (Lipinski definition) is 0. The minimum atomic E-state index is -0.173. The summed E-state index contributed by atoms with van der Waals surface area (Å²) in [5, 5.41) is 1.74. The molecule has 2 heterocycles. The fraction of sp³-hybridized carbons (Fsp3) is 0.250. The van der Waals surface area contributed by atoms with Gasteiger partial charge in [-0.3, -0.25) is 14.5 Å². The van der Waals surface area contributed by atoms with Gasteiger partial charge < -0.3 is 4.90 Å².